The molecule has 2 saturated heterocycles. The number of amides is 1. The van der Waals surface area contributed by atoms with Crippen LogP contribution in [0.4, 0.5) is 5.69 Å². The van der Waals surface area contributed by atoms with Gasteiger partial charge >= 0.3 is 11.9 Å². The van der Waals surface area contributed by atoms with Gasteiger partial charge in [0.2, 0.25) is 5.78 Å². The highest BCUT2D eigenvalue weighted by atomic mass is 16.6. The second kappa shape index (κ2) is 6.01. The minimum Gasteiger partial charge on any atom is -0.476 e. The number of carbonyl (C=O) groups is 3. The number of hydrogen-bond donors (Lipinski definition) is 2. The van der Waals surface area contributed by atoms with E-state index >= 15 is 0 Å². The zero-order chi connectivity index (χ0) is 18.4. The summed E-state index contributed by atoms with van der Waals surface area (Å²) in [6.45, 7) is -0.314. The van der Waals surface area contributed by atoms with Crippen molar-refractivity contribution < 1.29 is 34.0 Å². The Kier molecular flexibility index (Phi) is 4.13. The molecule has 9 heteroatoms. The van der Waals surface area contributed by atoms with E-state index < -0.39 is 45.1 Å². The number of aliphatic hydroxyl groups is 1. The molecule has 0 aromatic heterocycles. The van der Waals surface area contributed by atoms with Gasteiger partial charge in [-0.3, -0.25) is 14.9 Å². The fourth-order valence-corrected chi connectivity index (χ4v) is 4.22. The van der Waals surface area contributed by atoms with Crippen molar-refractivity contribution in [2.45, 2.75) is 31.5 Å². The molecule has 2 N–H and O–H groups in total. The Labute approximate surface area is 142 Å². The van der Waals surface area contributed by atoms with Crippen molar-refractivity contribution in [2.75, 3.05) is 6.61 Å². The fraction of sp³-hybridized carbons (Fsp3) is 0.438. The van der Waals surface area contributed by atoms with Crippen LogP contribution in [-0.2, 0) is 20.9 Å². The Balaban J connectivity index is 2.01. The number of fused-ring (bicyclic) bond motifs is 1. The minimum atomic E-state index is -1.49. The Bertz CT molecular complexity index is 778. The van der Waals surface area contributed by atoms with Gasteiger partial charge in [-0.1, -0.05) is 12.1 Å². The number of benzene rings is 1. The number of rotatable bonds is 6. The SMILES string of the molecule is O=C(O)C1C(=O)CC2[C@H](CCO)C(=O)[N+]12Cc1cccc([N+](=O)[O-])c1. The van der Waals surface area contributed by atoms with E-state index in [2.05, 4.69) is 0 Å². The number of carbonyl (C=O) groups excluding carboxylic acids is 2. The van der Waals surface area contributed by atoms with E-state index in [4.69, 9.17) is 5.11 Å². The molecule has 0 spiro atoms. The Morgan fingerprint density at radius 2 is 2.08 bits per heavy atom. The molecule has 0 aliphatic carbocycles. The number of aliphatic carboxylic acids is 1. The van der Waals surface area contributed by atoms with Crippen LogP contribution in [-0.4, -0.2) is 56.0 Å². The largest absolute Gasteiger partial charge is 0.476 e. The monoisotopic (exact) mass is 349 g/mol. The number of carboxylic acids is 1. The highest BCUT2D eigenvalue weighted by Crippen LogP contribution is 2.49. The molecular weight excluding hydrogens is 332 g/mol. The molecule has 1 aromatic rings. The Morgan fingerprint density at radius 3 is 2.68 bits per heavy atom. The standard InChI is InChI=1S/C16H16N2O7/c19-5-4-11-12-7-13(20)14(16(22)23)18(12,15(11)21)8-9-2-1-3-10(6-9)17(24)25/h1-3,6,11-12,14,19H,4-5,7-8H2/p+1/t11-,12?,14?,18?/m0/s1. The van der Waals surface area contributed by atoms with E-state index in [9.17, 15) is 29.6 Å². The van der Waals surface area contributed by atoms with Crippen LogP contribution in [0, 0.1) is 16.0 Å². The highest BCUT2D eigenvalue weighted by Gasteiger charge is 2.74. The molecule has 2 heterocycles. The number of nitro benzene ring substituents is 1. The number of aliphatic hydroxyl groups excluding tert-OH is 1. The third-order valence-electron chi connectivity index (χ3n) is 5.20. The first kappa shape index (κ1) is 17.2. The van der Waals surface area contributed by atoms with Gasteiger partial charge < -0.3 is 10.2 Å². The van der Waals surface area contributed by atoms with Crippen molar-refractivity contribution in [2.24, 2.45) is 5.92 Å². The van der Waals surface area contributed by atoms with Crippen molar-refractivity contribution in [3.05, 3.63) is 39.9 Å². The number of β-lactam (4-membered cyclic amide) rings is 1. The molecule has 25 heavy (non-hydrogen) atoms. The molecule has 0 saturated carbocycles. The molecule has 2 aliphatic heterocycles. The van der Waals surface area contributed by atoms with Crippen molar-refractivity contribution in [1.82, 2.24) is 0 Å². The number of quaternary nitrogens is 1. The summed E-state index contributed by atoms with van der Waals surface area (Å²) in [6.07, 6.45) is 0.139. The molecule has 0 bridgehead atoms. The summed E-state index contributed by atoms with van der Waals surface area (Å²) in [5.74, 6) is -2.84. The first-order valence-electron chi connectivity index (χ1n) is 7.84. The van der Waals surface area contributed by atoms with E-state index in [0.29, 0.717) is 5.56 Å². The van der Waals surface area contributed by atoms with Crippen molar-refractivity contribution in [1.29, 1.82) is 0 Å². The lowest BCUT2D eigenvalue weighted by molar-refractivity contribution is -0.925. The summed E-state index contributed by atoms with van der Waals surface area (Å²) in [5, 5.41) is 29.5. The lowest BCUT2D eigenvalue weighted by atomic mass is 9.81. The number of nitrogens with zero attached hydrogens (tertiary/aromatic N) is 2. The second-order valence-corrected chi connectivity index (χ2v) is 6.45. The average Bonchev–Trinajstić information content (AvgIpc) is 2.82. The van der Waals surface area contributed by atoms with Crippen LogP contribution >= 0.6 is 0 Å². The van der Waals surface area contributed by atoms with Gasteiger partial charge in [0.1, 0.15) is 18.5 Å². The molecule has 1 aromatic carbocycles. The molecule has 2 aliphatic rings. The summed E-state index contributed by atoms with van der Waals surface area (Å²) in [5.41, 5.74) is 0.264. The maximum Gasteiger partial charge on any atom is 0.371 e. The predicted molar refractivity (Wildman–Crippen MR) is 82.1 cm³/mol. The lowest BCUT2D eigenvalue weighted by Crippen LogP contribution is -2.75. The minimum absolute atomic E-state index is 0.0394. The number of nitro groups is 1. The summed E-state index contributed by atoms with van der Waals surface area (Å²) >= 11 is 0. The molecule has 3 unspecified atom stereocenters. The summed E-state index contributed by atoms with van der Waals surface area (Å²) in [4.78, 5) is 47.0. The Hall–Kier alpha value is -2.65. The zero-order valence-electron chi connectivity index (χ0n) is 13.2. The second-order valence-electron chi connectivity index (χ2n) is 6.45. The van der Waals surface area contributed by atoms with Gasteiger partial charge in [-0.15, -0.1) is 0 Å². The quantitative estimate of drug-likeness (QED) is 0.247. The summed E-state index contributed by atoms with van der Waals surface area (Å²) in [6, 6.07) is 3.63. The van der Waals surface area contributed by atoms with Crippen molar-refractivity contribution in [3.8, 4) is 0 Å². The van der Waals surface area contributed by atoms with E-state index in [1.165, 1.54) is 18.2 Å². The maximum atomic E-state index is 12.8. The van der Waals surface area contributed by atoms with Crippen LogP contribution in [0.15, 0.2) is 24.3 Å². The smallest absolute Gasteiger partial charge is 0.371 e. The van der Waals surface area contributed by atoms with Crippen LogP contribution in [0.25, 0.3) is 0 Å². The molecule has 2 fully saturated rings. The number of carboxylic acid groups (broad SMARTS) is 1. The summed E-state index contributed by atoms with van der Waals surface area (Å²) in [7, 11) is 0. The van der Waals surface area contributed by atoms with Gasteiger partial charge in [0.25, 0.3) is 11.7 Å². The molecule has 9 nitrogen and oxygen atoms in total. The van der Waals surface area contributed by atoms with Crippen LogP contribution < -0.4 is 0 Å². The summed E-state index contributed by atoms with van der Waals surface area (Å²) < 4.78 is -0.542. The van der Waals surface area contributed by atoms with E-state index in [0.717, 1.165) is 0 Å². The van der Waals surface area contributed by atoms with E-state index in [1.54, 1.807) is 6.07 Å². The number of hydrogen-bond acceptors (Lipinski definition) is 6. The molecule has 1 amide bonds. The van der Waals surface area contributed by atoms with Gasteiger partial charge in [0.15, 0.2) is 0 Å². The van der Waals surface area contributed by atoms with Gasteiger partial charge in [0, 0.05) is 24.3 Å². The van der Waals surface area contributed by atoms with Gasteiger partial charge in [0.05, 0.1) is 11.3 Å². The fourth-order valence-electron chi connectivity index (χ4n) is 4.22. The van der Waals surface area contributed by atoms with Gasteiger partial charge in [-0.2, -0.15) is 0 Å². The van der Waals surface area contributed by atoms with Crippen LogP contribution in [0.5, 0.6) is 0 Å². The molecule has 3 rings (SSSR count). The number of non-ortho nitro benzene ring substituents is 1. The zero-order valence-corrected chi connectivity index (χ0v) is 13.2. The highest BCUT2D eigenvalue weighted by molar-refractivity contribution is 6.06. The third-order valence-corrected chi connectivity index (χ3v) is 5.20. The van der Waals surface area contributed by atoms with Crippen molar-refractivity contribution in [3.63, 3.8) is 0 Å². The van der Waals surface area contributed by atoms with E-state index in [1.807, 2.05) is 0 Å². The van der Waals surface area contributed by atoms with Crippen LogP contribution in [0.1, 0.15) is 18.4 Å². The lowest BCUT2D eigenvalue weighted by Gasteiger charge is -2.51. The van der Waals surface area contributed by atoms with Crippen LogP contribution in [0.2, 0.25) is 0 Å². The molecule has 0 radical (unpaired) electrons. The topological polar surface area (TPSA) is 135 Å². The predicted octanol–water partition coefficient (Wildman–Crippen LogP) is 0.245. The van der Waals surface area contributed by atoms with Crippen molar-refractivity contribution >= 4 is 23.3 Å². The first-order chi connectivity index (χ1) is 11.8. The number of Topliss-reactive ketones (excluding diaryl/α,β-unsaturated/α-hetero) is 1. The Morgan fingerprint density at radius 1 is 1.36 bits per heavy atom. The average molecular weight is 349 g/mol. The molecule has 4 atom stereocenters. The number of ketones is 1. The van der Waals surface area contributed by atoms with Crippen LogP contribution in [0.3, 0.4) is 0 Å². The first-order valence-corrected chi connectivity index (χ1v) is 7.84. The van der Waals surface area contributed by atoms with Gasteiger partial charge in [-0.25, -0.2) is 14.1 Å². The normalized spacial score (nSPS) is 30.7. The van der Waals surface area contributed by atoms with E-state index in [-0.39, 0.29) is 31.7 Å². The van der Waals surface area contributed by atoms with Gasteiger partial charge in [-0.05, 0) is 6.42 Å². The third kappa shape index (κ3) is 2.43. The molecule has 132 valence electrons. The molecular formula is C16H17N2O7+. The maximum absolute atomic E-state index is 12.8.